The zero-order valence-electron chi connectivity index (χ0n) is 12.7. The first-order valence-corrected chi connectivity index (χ1v) is 7.60. The minimum absolute atomic E-state index is 0.0181. The summed E-state index contributed by atoms with van der Waals surface area (Å²) in [6, 6.07) is 7.73. The van der Waals surface area contributed by atoms with Crippen molar-refractivity contribution < 1.29 is 14.6 Å². The number of nitrogens with zero attached hydrogens (tertiary/aromatic N) is 1. The van der Waals surface area contributed by atoms with Crippen molar-refractivity contribution in [2.24, 2.45) is 0 Å². The Morgan fingerprint density at radius 3 is 2.57 bits per heavy atom. The number of likely N-dealkylation sites (tertiary alicyclic amines) is 1. The van der Waals surface area contributed by atoms with Crippen molar-refractivity contribution in [2.75, 3.05) is 19.7 Å². The highest BCUT2D eigenvalue weighted by molar-refractivity contribution is 5.75. The van der Waals surface area contributed by atoms with Crippen LogP contribution in [-0.4, -0.2) is 41.8 Å². The Bertz CT molecular complexity index is 455. The Morgan fingerprint density at radius 1 is 1.38 bits per heavy atom. The van der Waals surface area contributed by atoms with Crippen LogP contribution in [0.5, 0.6) is 5.75 Å². The number of hydrogen-bond donors (Lipinski definition) is 2. The summed E-state index contributed by atoms with van der Waals surface area (Å²) >= 11 is 0. The van der Waals surface area contributed by atoms with Crippen LogP contribution >= 0.6 is 0 Å². The Balaban J connectivity index is 1.92. The first-order chi connectivity index (χ1) is 10.1. The SMILES string of the molecule is CCCOc1ccc([C@H](CC)NC(=O)N2CC(O)C2)cc1. The van der Waals surface area contributed by atoms with Crippen LogP contribution in [0.4, 0.5) is 4.79 Å². The van der Waals surface area contributed by atoms with E-state index in [1.54, 1.807) is 4.90 Å². The Morgan fingerprint density at radius 2 is 2.05 bits per heavy atom. The van der Waals surface area contributed by atoms with Gasteiger partial charge in [0.05, 0.1) is 31.8 Å². The van der Waals surface area contributed by atoms with Crippen molar-refractivity contribution in [2.45, 2.75) is 38.8 Å². The van der Waals surface area contributed by atoms with Crippen molar-refractivity contribution in [1.29, 1.82) is 0 Å². The van der Waals surface area contributed by atoms with E-state index in [-0.39, 0.29) is 18.2 Å². The molecule has 0 aromatic heterocycles. The van der Waals surface area contributed by atoms with E-state index in [1.807, 2.05) is 31.2 Å². The van der Waals surface area contributed by atoms with E-state index in [1.165, 1.54) is 0 Å². The molecule has 1 fully saturated rings. The van der Waals surface area contributed by atoms with Gasteiger partial charge in [-0.3, -0.25) is 0 Å². The summed E-state index contributed by atoms with van der Waals surface area (Å²) in [7, 11) is 0. The smallest absolute Gasteiger partial charge is 0.318 e. The molecule has 5 heteroatoms. The van der Waals surface area contributed by atoms with Crippen LogP contribution in [0.1, 0.15) is 38.3 Å². The van der Waals surface area contributed by atoms with Crippen molar-refractivity contribution in [1.82, 2.24) is 10.2 Å². The van der Waals surface area contributed by atoms with E-state index in [0.29, 0.717) is 19.7 Å². The molecular weight excluding hydrogens is 268 g/mol. The topological polar surface area (TPSA) is 61.8 Å². The van der Waals surface area contributed by atoms with Gasteiger partial charge in [-0.05, 0) is 30.5 Å². The normalized spacial score (nSPS) is 16.2. The number of nitrogens with one attached hydrogen (secondary N) is 1. The number of urea groups is 1. The van der Waals surface area contributed by atoms with Crippen LogP contribution in [0.3, 0.4) is 0 Å². The molecule has 0 saturated carbocycles. The van der Waals surface area contributed by atoms with E-state index in [2.05, 4.69) is 12.2 Å². The molecule has 21 heavy (non-hydrogen) atoms. The summed E-state index contributed by atoms with van der Waals surface area (Å²) < 4.78 is 5.56. The van der Waals surface area contributed by atoms with Gasteiger partial charge < -0.3 is 20.1 Å². The van der Waals surface area contributed by atoms with Gasteiger partial charge in [-0.25, -0.2) is 4.79 Å². The lowest BCUT2D eigenvalue weighted by atomic mass is 10.0. The molecule has 1 aromatic rings. The van der Waals surface area contributed by atoms with Gasteiger partial charge in [0.15, 0.2) is 0 Å². The molecule has 0 aliphatic carbocycles. The maximum atomic E-state index is 12.0. The average molecular weight is 292 g/mol. The number of amides is 2. The molecule has 2 N–H and O–H groups in total. The van der Waals surface area contributed by atoms with Gasteiger partial charge in [-0.2, -0.15) is 0 Å². The molecule has 1 aliphatic rings. The van der Waals surface area contributed by atoms with Crippen molar-refractivity contribution in [3.8, 4) is 5.75 Å². The molecule has 2 rings (SSSR count). The molecule has 0 spiro atoms. The lowest BCUT2D eigenvalue weighted by Crippen LogP contribution is -2.57. The zero-order valence-corrected chi connectivity index (χ0v) is 12.7. The molecule has 5 nitrogen and oxygen atoms in total. The number of aliphatic hydroxyl groups excluding tert-OH is 1. The predicted molar refractivity (Wildman–Crippen MR) is 81.4 cm³/mol. The number of aliphatic hydroxyl groups is 1. The van der Waals surface area contributed by atoms with Crippen LogP contribution in [0, 0.1) is 0 Å². The number of β-amino-alcohol motifs (C(OH)–C–C–N with tert-alkyl or cyclic N) is 1. The number of ether oxygens (including phenoxy) is 1. The fourth-order valence-electron chi connectivity index (χ4n) is 2.30. The van der Waals surface area contributed by atoms with E-state index < -0.39 is 0 Å². The van der Waals surface area contributed by atoms with Crippen LogP contribution in [-0.2, 0) is 0 Å². The molecule has 0 radical (unpaired) electrons. The van der Waals surface area contributed by atoms with E-state index in [0.717, 1.165) is 24.2 Å². The Labute approximate surface area is 125 Å². The van der Waals surface area contributed by atoms with Gasteiger partial charge in [0.2, 0.25) is 0 Å². The lowest BCUT2D eigenvalue weighted by Gasteiger charge is -2.36. The van der Waals surface area contributed by atoms with Crippen molar-refractivity contribution >= 4 is 6.03 Å². The monoisotopic (exact) mass is 292 g/mol. The summed E-state index contributed by atoms with van der Waals surface area (Å²) in [5.41, 5.74) is 1.07. The summed E-state index contributed by atoms with van der Waals surface area (Å²) in [6.45, 7) is 5.67. The quantitative estimate of drug-likeness (QED) is 0.846. The first kappa shape index (κ1) is 15.6. The second kappa shape index (κ2) is 7.31. The molecule has 1 atom stereocenters. The highest BCUT2D eigenvalue weighted by Crippen LogP contribution is 2.21. The highest BCUT2D eigenvalue weighted by atomic mass is 16.5. The van der Waals surface area contributed by atoms with Gasteiger partial charge in [0.25, 0.3) is 0 Å². The van der Waals surface area contributed by atoms with Crippen LogP contribution in [0.25, 0.3) is 0 Å². The zero-order chi connectivity index (χ0) is 15.2. The number of carbonyl (C=O) groups is 1. The maximum Gasteiger partial charge on any atom is 0.318 e. The predicted octanol–water partition coefficient (Wildman–Crippen LogP) is 2.31. The highest BCUT2D eigenvalue weighted by Gasteiger charge is 2.29. The third-order valence-corrected chi connectivity index (χ3v) is 3.61. The van der Waals surface area contributed by atoms with E-state index in [9.17, 15) is 9.90 Å². The first-order valence-electron chi connectivity index (χ1n) is 7.60. The summed E-state index contributed by atoms with van der Waals surface area (Å²) in [4.78, 5) is 13.6. The van der Waals surface area contributed by atoms with Crippen LogP contribution < -0.4 is 10.1 Å². The Kier molecular flexibility index (Phi) is 5.44. The van der Waals surface area contributed by atoms with Crippen LogP contribution in [0.2, 0.25) is 0 Å². The lowest BCUT2D eigenvalue weighted by molar-refractivity contribution is 0.0257. The van der Waals surface area contributed by atoms with Gasteiger partial charge >= 0.3 is 6.03 Å². The number of carbonyl (C=O) groups excluding carboxylic acids is 1. The second-order valence-electron chi connectivity index (χ2n) is 5.39. The summed E-state index contributed by atoms with van der Waals surface area (Å²) in [5.74, 6) is 0.854. The minimum atomic E-state index is -0.370. The molecular formula is C16H24N2O3. The average Bonchev–Trinajstić information content (AvgIpc) is 2.48. The minimum Gasteiger partial charge on any atom is -0.494 e. The fraction of sp³-hybridized carbons (Fsp3) is 0.562. The molecule has 1 aromatic carbocycles. The molecule has 0 unspecified atom stereocenters. The van der Waals surface area contributed by atoms with E-state index >= 15 is 0 Å². The maximum absolute atomic E-state index is 12.0. The van der Waals surface area contributed by atoms with E-state index in [4.69, 9.17) is 4.74 Å². The molecule has 1 heterocycles. The molecule has 2 amide bonds. The standard InChI is InChI=1S/C16H24N2O3/c1-3-9-21-14-7-5-12(6-8-14)15(4-2)17-16(20)18-10-13(19)11-18/h5-8,13,15,19H,3-4,9-11H2,1-2H3,(H,17,20)/t15-/m0/s1. The summed E-state index contributed by atoms with van der Waals surface area (Å²) in [6.07, 6.45) is 1.43. The van der Waals surface area contributed by atoms with Gasteiger partial charge in [-0.1, -0.05) is 26.0 Å². The summed E-state index contributed by atoms with van der Waals surface area (Å²) in [5, 5.41) is 12.2. The third kappa shape index (κ3) is 4.11. The molecule has 1 aliphatic heterocycles. The van der Waals surface area contributed by atoms with Gasteiger partial charge in [0, 0.05) is 0 Å². The number of benzene rings is 1. The molecule has 0 bridgehead atoms. The van der Waals surface area contributed by atoms with Gasteiger partial charge in [0.1, 0.15) is 5.75 Å². The number of rotatable bonds is 6. The third-order valence-electron chi connectivity index (χ3n) is 3.61. The van der Waals surface area contributed by atoms with Gasteiger partial charge in [-0.15, -0.1) is 0 Å². The molecule has 116 valence electrons. The fourth-order valence-corrected chi connectivity index (χ4v) is 2.30. The largest absolute Gasteiger partial charge is 0.494 e. The van der Waals surface area contributed by atoms with Crippen molar-refractivity contribution in [3.05, 3.63) is 29.8 Å². The second-order valence-corrected chi connectivity index (χ2v) is 5.39. The van der Waals surface area contributed by atoms with Crippen molar-refractivity contribution in [3.63, 3.8) is 0 Å². The van der Waals surface area contributed by atoms with Crippen LogP contribution in [0.15, 0.2) is 24.3 Å². The number of hydrogen-bond acceptors (Lipinski definition) is 3. The molecule has 1 saturated heterocycles. The Hall–Kier alpha value is -1.75.